The highest BCUT2D eigenvalue weighted by atomic mass is 16.5. The van der Waals surface area contributed by atoms with Gasteiger partial charge in [0.05, 0.1) is 26.4 Å². The molecule has 0 bridgehead atoms. The molecule has 5 nitrogen and oxygen atoms in total. The average Bonchev–Trinajstić information content (AvgIpc) is 2.19. The van der Waals surface area contributed by atoms with Crippen LogP contribution in [0.25, 0.3) is 0 Å². The van der Waals surface area contributed by atoms with Gasteiger partial charge in [-0.3, -0.25) is 4.79 Å². The minimum Gasteiger partial charge on any atom is -0.383 e. The van der Waals surface area contributed by atoms with Gasteiger partial charge in [-0.2, -0.15) is 0 Å². The Balaban J connectivity index is 1.98. The van der Waals surface area contributed by atoms with Gasteiger partial charge in [-0.1, -0.05) is 6.92 Å². The summed E-state index contributed by atoms with van der Waals surface area (Å²) in [5.41, 5.74) is 0.141. The number of carbonyl (C=O) groups excluding carboxylic acids is 1. The van der Waals surface area contributed by atoms with Crippen molar-refractivity contribution < 1.29 is 14.3 Å². The zero-order valence-corrected chi connectivity index (χ0v) is 9.47. The molecule has 0 aromatic carbocycles. The van der Waals surface area contributed by atoms with Crippen molar-refractivity contribution in [2.75, 3.05) is 46.6 Å². The molecule has 0 aromatic rings. The van der Waals surface area contributed by atoms with Crippen LogP contribution in [0.3, 0.4) is 0 Å². The summed E-state index contributed by atoms with van der Waals surface area (Å²) < 4.78 is 9.95. The van der Waals surface area contributed by atoms with Crippen LogP contribution in [0.2, 0.25) is 0 Å². The standard InChI is InChI=1S/C10H20N2O3/c1-10(7-15-8-10)6-12-9(13)5-11-3-4-14-2/h11H,3-8H2,1-2H3,(H,12,13). The quantitative estimate of drug-likeness (QED) is 0.557. The number of hydrogen-bond acceptors (Lipinski definition) is 4. The van der Waals surface area contributed by atoms with Gasteiger partial charge < -0.3 is 20.1 Å². The lowest BCUT2D eigenvalue weighted by molar-refractivity contribution is -0.126. The van der Waals surface area contributed by atoms with Crippen molar-refractivity contribution in [3.05, 3.63) is 0 Å². The van der Waals surface area contributed by atoms with Crippen LogP contribution in [0, 0.1) is 5.41 Å². The van der Waals surface area contributed by atoms with Gasteiger partial charge in [-0.05, 0) is 0 Å². The Morgan fingerprint density at radius 1 is 1.53 bits per heavy atom. The van der Waals surface area contributed by atoms with E-state index in [0.29, 0.717) is 26.2 Å². The minimum atomic E-state index is 0.0271. The summed E-state index contributed by atoms with van der Waals surface area (Å²) in [6.45, 7) is 5.95. The van der Waals surface area contributed by atoms with E-state index in [0.717, 1.165) is 13.2 Å². The molecule has 5 heteroatoms. The van der Waals surface area contributed by atoms with Crippen LogP contribution < -0.4 is 10.6 Å². The number of hydrogen-bond donors (Lipinski definition) is 2. The second-order valence-corrected chi connectivity index (χ2v) is 4.25. The predicted octanol–water partition coefficient (Wildman–Crippen LogP) is -0.625. The van der Waals surface area contributed by atoms with Gasteiger partial charge in [-0.25, -0.2) is 0 Å². The first-order valence-electron chi connectivity index (χ1n) is 5.20. The minimum absolute atomic E-state index is 0.0271. The number of nitrogens with one attached hydrogen (secondary N) is 2. The van der Waals surface area contributed by atoms with Crippen LogP contribution in [0.1, 0.15) is 6.92 Å². The maximum absolute atomic E-state index is 11.3. The smallest absolute Gasteiger partial charge is 0.233 e. The van der Waals surface area contributed by atoms with E-state index < -0.39 is 0 Å². The lowest BCUT2D eigenvalue weighted by atomic mass is 9.89. The van der Waals surface area contributed by atoms with Crippen LogP contribution in [0.5, 0.6) is 0 Å². The van der Waals surface area contributed by atoms with Crippen LogP contribution in [-0.2, 0) is 14.3 Å². The summed E-state index contributed by atoms with van der Waals surface area (Å²) in [4.78, 5) is 11.3. The molecule has 1 aliphatic heterocycles. The van der Waals surface area contributed by atoms with Crippen molar-refractivity contribution >= 4 is 5.91 Å². The lowest BCUT2D eigenvalue weighted by Gasteiger charge is -2.38. The average molecular weight is 216 g/mol. The predicted molar refractivity (Wildman–Crippen MR) is 56.7 cm³/mol. The molecular formula is C10H20N2O3. The molecule has 1 fully saturated rings. The zero-order valence-electron chi connectivity index (χ0n) is 9.47. The van der Waals surface area contributed by atoms with Gasteiger partial charge in [-0.15, -0.1) is 0 Å². The summed E-state index contributed by atoms with van der Waals surface area (Å²) in [5.74, 6) is 0.0271. The number of ether oxygens (including phenoxy) is 2. The van der Waals surface area contributed by atoms with Gasteiger partial charge >= 0.3 is 0 Å². The number of carbonyl (C=O) groups is 1. The third kappa shape index (κ3) is 4.59. The second-order valence-electron chi connectivity index (χ2n) is 4.25. The molecule has 0 atom stereocenters. The molecule has 1 amide bonds. The molecule has 2 N–H and O–H groups in total. The molecule has 0 saturated carbocycles. The molecule has 1 rings (SSSR count). The molecule has 15 heavy (non-hydrogen) atoms. The SMILES string of the molecule is COCCNCC(=O)NCC1(C)COC1. The van der Waals surface area contributed by atoms with Gasteiger partial charge in [0.25, 0.3) is 0 Å². The van der Waals surface area contributed by atoms with Crippen LogP contribution in [0.15, 0.2) is 0 Å². The van der Waals surface area contributed by atoms with Crippen molar-refractivity contribution in [1.82, 2.24) is 10.6 Å². The Bertz CT molecular complexity index is 205. The first kappa shape index (κ1) is 12.4. The molecule has 1 saturated heterocycles. The van der Waals surface area contributed by atoms with Crippen molar-refractivity contribution in [1.29, 1.82) is 0 Å². The summed E-state index contributed by atoms with van der Waals surface area (Å²) in [5, 5.41) is 5.87. The molecule has 1 aliphatic rings. The normalized spacial score (nSPS) is 18.3. The molecule has 0 spiro atoms. The van der Waals surface area contributed by atoms with Gasteiger partial charge in [0.15, 0.2) is 0 Å². The number of methoxy groups -OCH3 is 1. The first-order valence-corrected chi connectivity index (χ1v) is 5.20. The van der Waals surface area contributed by atoms with E-state index in [-0.39, 0.29) is 11.3 Å². The van der Waals surface area contributed by atoms with Gasteiger partial charge in [0, 0.05) is 25.6 Å². The molecule has 0 aromatic heterocycles. The van der Waals surface area contributed by atoms with E-state index in [1.165, 1.54) is 0 Å². The maximum Gasteiger partial charge on any atom is 0.233 e. The molecule has 88 valence electrons. The zero-order chi connectivity index (χ0) is 11.1. The highest BCUT2D eigenvalue weighted by Crippen LogP contribution is 2.24. The fourth-order valence-corrected chi connectivity index (χ4v) is 1.30. The van der Waals surface area contributed by atoms with Crippen molar-refractivity contribution in [3.63, 3.8) is 0 Å². The largest absolute Gasteiger partial charge is 0.383 e. The first-order chi connectivity index (χ1) is 7.16. The highest BCUT2D eigenvalue weighted by molar-refractivity contribution is 5.78. The van der Waals surface area contributed by atoms with E-state index >= 15 is 0 Å². The van der Waals surface area contributed by atoms with Crippen molar-refractivity contribution in [2.45, 2.75) is 6.92 Å². The Hall–Kier alpha value is -0.650. The Labute approximate surface area is 90.5 Å². The third-order valence-corrected chi connectivity index (χ3v) is 2.38. The van der Waals surface area contributed by atoms with E-state index in [9.17, 15) is 4.79 Å². The van der Waals surface area contributed by atoms with Crippen LogP contribution >= 0.6 is 0 Å². The number of amides is 1. The molecule has 0 radical (unpaired) electrons. The fourth-order valence-electron chi connectivity index (χ4n) is 1.30. The highest BCUT2D eigenvalue weighted by Gasteiger charge is 2.33. The van der Waals surface area contributed by atoms with Crippen LogP contribution in [-0.4, -0.2) is 52.5 Å². The second kappa shape index (κ2) is 6.05. The maximum atomic E-state index is 11.3. The van der Waals surface area contributed by atoms with E-state index in [1.54, 1.807) is 7.11 Å². The van der Waals surface area contributed by atoms with Crippen LogP contribution in [0.4, 0.5) is 0 Å². The molecule has 1 heterocycles. The molecule has 0 aliphatic carbocycles. The molecule has 0 unspecified atom stereocenters. The molecular weight excluding hydrogens is 196 g/mol. The third-order valence-electron chi connectivity index (χ3n) is 2.38. The van der Waals surface area contributed by atoms with E-state index in [1.807, 2.05) is 0 Å². The van der Waals surface area contributed by atoms with E-state index in [2.05, 4.69) is 17.6 Å². The number of rotatable bonds is 7. The van der Waals surface area contributed by atoms with Crippen molar-refractivity contribution in [2.24, 2.45) is 5.41 Å². The Kier molecular flexibility index (Phi) is 5.01. The van der Waals surface area contributed by atoms with Crippen molar-refractivity contribution in [3.8, 4) is 0 Å². The summed E-state index contributed by atoms with van der Waals surface area (Å²) in [7, 11) is 1.64. The Morgan fingerprint density at radius 2 is 2.27 bits per heavy atom. The van der Waals surface area contributed by atoms with E-state index in [4.69, 9.17) is 9.47 Å². The van der Waals surface area contributed by atoms with Gasteiger partial charge in [0.2, 0.25) is 5.91 Å². The summed E-state index contributed by atoms with van der Waals surface area (Å²) in [6, 6.07) is 0. The summed E-state index contributed by atoms with van der Waals surface area (Å²) >= 11 is 0. The fraction of sp³-hybridized carbons (Fsp3) is 0.900. The lowest BCUT2D eigenvalue weighted by Crippen LogP contribution is -2.49. The summed E-state index contributed by atoms with van der Waals surface area (Å²) in [6.07, 6.45) is 0. The Morgan fingerprint density at radius 3 is 2.80 bits per heavy atom. The monoisotopic (exact) mass is 216 g/mol. The van der Waals surface area contributed by atoms with Gasteiger partial charge in [0.1, 0.15) is 0 Å². The topological polar surface area (TPSA) is 59.6 Å².